The summed E-state index contributed by atoms with van der Waals surface area (Å²) in [5.41, 5.74) is 5.35. The van der Waals surface area contributed by atoms with E-state index < -0.39 is 0 Å². The zero-order valence-corrected chi connectivity index (χ0v) is 13.5. The lowest BCUT2D eigenvalue weighted by Crippen LogP contribution is -2.31. The average molecular weight is 337 g/mol. The standard InChI is InChI=1S/C15H21BrN4/c1-11(2)20-15(13(16)10-18-20)14(19-17)9-8-12-6-4-3-5-7-12/h3-7,10-11,14,19H,8-9,17H2,1-2H3. The fourth-order valence-electron chi connectivity index (χ4n) is 2.34. The highest BCUT2D eigenvalue weighted by Crippen LogP contribution is 2.28. The predicted octanol–water partition coefficient (Wildman–Crippen LogP) is 3.36. The summed E-state index contributed by atoms with van der Waals surface area (Å²) >= 11 is 3.57. The van der Waals surface area contributed by atoms with Crippen LogP contribution in [0.25, 0.3) is 0 Å². The summed E-state index contributed by atoms with van der Waals surface area (Å²) in [6.45, 7) is 4.24. The van der Waals surface area contributed by atoms with Gasteiger partial charge in [-0.05, 0) is 48.2 Å². The number of aryl methyl sites for hydroxylation is 1. The Labute approximate surface area is 128 Å². The van der Waals surface area contributed by atoms with Crippen LogP contribution in [-0.4, -0.2) is 9.78 Å². The lowest BCUT2D eigenvalue weighted by Gasteiger charge is -2.20. The van der Waals surface area contributed by atoms with Crippen LogP contribution in [0.4, 0.5) is 0 Å². The Hall–Kier alpha value is -1.17. The Bertz CT molecular complexity index is 536. The molecule has 3 N–H and O–H groups in total. The highest BCUT2D eigenvalue weighted by Gasteiger charge is 2.20. The third-order valence-corrected chi connectivity index (χ3v) is 3.98. The van der Waals surface area contributed by atoms with Crippen LogP contribution in [0.5, 0.6) is 0 Å². The molecule has 0 saturated heterocycles. The van der Waals surface area contributed by atoms with Gasteiger partial charge in [-0.15, -0.1) is 0 Å². The molecule has 0 saturated carbocycles. The van der Waals surface area contributed by atoms with Crippen molar-refractivity contribution in [3.05, 3.63) is 52.3 Å². The van der Waals surface area contributed by atoms with E-state index in [0.29, 0.717) is 6.04 Å². The number of halogens is 1. The third kappa shape index (κ3) is 3.48. The van der Waals surface area contributed by atoms with E-state index in [1.165, 1.54) is 5.56 Å². The fourth-order valence-corrected chi connectivity index (χ4v) is 2.89. The smallest absolute Gasteiger partial charge is 0.0712 e. The van der Waals surface area contributed by atoms with E-state index in [1.807, 2.05) is 16.9 Å². The van der Waals surface area contributed by atoms with Crippen molar-refractivity contribution in [2.75, 3.05) is 0 Å². The minimum atomic E-state index is 0.0782. The SMILES string of the molecule is CC(C)n1ncc(Br)c1C(CCc1ccccc1)NN. The largest absolute Gasteiger partial charge is 0.271 e. The first-order chi connectivity index (χ1) is 9.63. The average Bonchev–Trinajstić information content (AvgIpc) is 2.83. The van der Waals surface area contributed by atoms with Crippen LogP contribution in [0.1, 0.15) is 43.6 Å². The Balaban J connectivity index is 2.14. The molecule has 5 heteroatoms. The number of nitrogens with zero attached hydrogens (tertiary/aromatic N) is 2. The van der Waals surface area contributed by atoms with E-state index in [4.69, 9.17) is 5.84 Å². The van der Waals surface area contributed by atoms with Crippen LogP contribution in [0.3, 0.4) is 0 Å². The highest BCUT2D eigenvalue weighted by molar-refractivity contribution is 9.10. The van der Waals surface area contributed by atoms with E-state index in [0.717, 1.165) is 23.0 Å². The maximum Gasteiger partial charge on any atom is 0.0712 e. The maximum absolute atomic E-state index is 5.75. The summed E-state index contributed by atoms with van der Waals surface area (Å²) in [7, 11) is 0. The minimum Gasteiger partial charge on any atom is -0.271 e. The van der Waals surface area contributed by atoms with Crippen molar-refractivity contribution >= 4 is 15.9 Å². The first-order valence-electron chi connectivity index (χ1n) is 6.86. The fraction of sp³-hybridized carbons (Fsp3) is 0.400. The van der Waals surface area contributed by atoms with E-state index >= 15 is 0 Å². The van der Waals surface area contributed by atoms with Crippen LogP contribution in [0.2, 0.25) is 0 Å². The van der Waals surface area contributed by atoms with Crippen molar-refractivity contribution < 1.29 is 0 Å². The van der Waals surface area contributed by atoms with Crippen LogP contribution < -0.4 is 11.3 Å². The van der Waals surface area contributed by atoms with Gasteiger partial charge in [0.05, 0.1) is 22.4 Å². The molecular weight excluding hydrogens is 316 g/mol. The molecule has 0 bridgehead atoms. The zero-order valence-electron chi connectivity index (χ0n) is 11.9. The normalized spacial score (nSPS) is 12.8. The molecule has 2 aromatic rings. The molecule has 2 rings (SSSR count). The number of nitrogens with two attached hydrogens (primary N) is 1. The van der Waals surface area contributed by atoms with E-state index in [1.54, 1.807) is 0 Å². The van der Waals surface area contributed by atoms with Crippen molar-refractivity contribution in [1.29, 1.82) is 0 Å². The molecule has 0 radical (unpaired) electrons. The van der Waals surface area contributed by atoms with Gasteiger partial charge in [0.15, 0.2) is 0 Å². The maximum atomic E-state index is 5.75. The van der Waals surface area contributed by atoms with Crippen LogP contribution >= 0.6 is 15.9 Å². The molecule has 0 amide bonds. The second-order valence-electron chi connectivity index (χ2n) is 5.16. The van der Waals surface area contributed by atoms with Gasteiger partial charge in [-0.25, -0.2) is 0 Å². The molecule has 0 spiro atoms. The molecule has 0 aliphatic carbocycles. The molecule has 1 heterocycles. The van der Waals surface area contributed by atoms with Gasteiger partial charge in [-0.1, -0.05) is 30.3 Å². The molecule has 0 fully saturated rings. The third-order valence-electron chi connectivity index (χ3n) is 3.37. The van der Waals surface area contributed by atoms with Crippen LogP contribution in [0, 0.1) is 0 Å². The van der Waals surface area contributed by atoms with Gasteiger partial charge in [0.25, 0.3) is 0 Å². The van der Waals surface area contributed by atoms with Gasteiger partial charge in [0, 0.05) is 6.04 Å². The summed E-state index contributed by atoms with van der Waals surface area (Å²) in [5, 5.41) is 4.41. The first kappa shape index (κ1) is 15.2. The predicted molar refractivity (Wildman–Crippen MR) is 85.1 cm³/mol. The quantitative estimate of drug-likeness (QED) is 0.628. The number of aromatic nitrogens is 2. The Morgan fingerprint density at radius 2 is 2.00 bits per heavy atom. The summed E-state index contributed by atoms with van der Waals surface area (Å²) in [6.07, 6.45) is 3.74. The molecule has 0 aliphatic rings. The van der Waals surface area contributed by atoms with Crippen molar-refractivity contribution in [2.45, 2.75) is 38.8 Å². The second kappa shape index (κ2) is 7.02. The molecule has 1 unspecified atom stereocenters. The van der Waals surface area contributed by atoms with E-state index in [-0.39, 0.29) is 6.04 Å². The Kier molecular flexibility index (Phi) is 5.34. The molecule has 4 nitrogen and oxygen atoms in total. The molecular formula is C15H21BrN4. The number of benzene rings is 1. The van der Waals surface area contributed by atoms with Crippen LogP contribution in [0.15, 0.2) is 41.0 Å². The molecule has 1 aromatic carbocycles. The number of hydrogen-bond acceptors (Lipinski definition) is 3. The minimum absolute atomic E-state index is 0.0782. The summed E-state index contributed by atoms with van der Waals surface area (Å²) in [4.78, 5) is 0. The molecule has 20 heavy (non-hydrogen) atoms. The van der Waals surface area contributed by atoms with Crippen molar-refractivity contribution in [3.8, 4) is 0 Å². The molecule has 108 valence electrons. The van der Waals surface area contributed by atoms with E-state index in [2.05, 4.69) is 64.6 Å². The second-order valence-corrected chi connectivity index (χ2v) is 6.01. The van der Waals surface area contributed by atoms with Gasteiger partial charge in [-0.2, -0.15) is 5.10 Å². The van der Waals surface area contributed by atoms with E-state index in [9.17, 15) is 0 Å². The van der Waals surface area contributed by atoms with Gasteiger partial charge in [0.1, 0.15) is 0 Å². The summed E-state index contributed by atoms with van der Waals surface area (Å²) in [5.74, 6) is 5.75. The van der Waals surface area contributed by atoms with Gasteiger partial charge < -0.3 is 0 Å². The summed E-state index contributed by atoms with van der Waals surface area (Å²) in [6, 6.07) is 10.8. The Morgan fingerprint density at radius 1 is 1.30 bits per heavy atom. The van der Waals surface area contributed by atoms with Gasteiger partial charge >= 0.3 is 0 Å². The van der Waals surface area contributed by atoms with Crippen molar-refractivity contribution in [3.63, 3.8) is 0 Å². The number of nitrogens with one attached hydrogen (secondary N) is 1. The monoisotopic (exact) mass is 336 g/mol. The summed E-state index contributed by atoms with van der Waals surface area (Å²) < 4.78 is 3.02. The highest BCUT2D eigenvalue weighted by atomic mass is 79.9. The van der Waals surface area contributed by atoms with Crippen LogP contribution in [-0.2, 0) is 6.42 Å². The number of hydrazine groups is 1. The topological polar surface area (TPSA) is 55.9 Å². The molecule has 1 aromatic heterocycles. The first-order valence-corrected chi connectivity index (χ1v) is 7.65. The molecule has 1 atom stereocenters. The van der Waals surface area contributed by atoms with Crippen molar-refractivity contribution in [2.24, 2.45) is 5.84 Å². The Morgan fingerprint density at radius 3 is 2.60 bits per heavy atom. The zero-order chi connectivity index (χ0) is 14.5. The number of rotatable bonds is 6. The lowest BCUT2D eigenvalue weighted by atomic mass is 10.0. The lowest BCUT2D eigenvalue weighted by molar-refractivity contribution is 0.432. The molecule has 0 aliphatic heterocycles. The number of hydrogen-bond donors (Lipinski definition) is 2. The van der Waals surface area contributed by atoms with Crippen molar-refractivity contribution in [1.82, 2.24) is 15.2 Å². The van der Waals surface area contributed by atoms with Gasteiger partial charge in [0.2, 0.25) is 0 Å². The van der Waals surface area contributed by atoms with Gasteiger partial charge in [-0.3, -0.25) is 16.0 Å².